The van der Waals surface area contributed by atoms with E-state index in [0.717, 1.165) is 17.0 Å². The topological polar surface area (TPSA) is 85.3 Å². The van der Waals surface area contributed by atoms with Gasteiger partial charge in [-0.1, -0.05) is 13.8 Å². The van der Waals surface area contributed by atoms with Gasteiger partial charge in [0.15, 0.2) is 5.65 Å². The Morgan fingerprint density at radius 3 is 2.78 bits per heavy atom. The highest BCUT2D eigenvalue weighted by molar-refractivity contribution is 5.83. The van der Waals surface area contributed by atoms with E-state index in [1.807, 2.05) is 32.9 Å². The number of primary amides is 1. The minimum absolute atomic E-state index is 0.0987. The van der Waals surface area contributed by atoms with Gasteiger partial charge in [0.2, 0.25) is 5.91 Å². The first-order chi connectivity index (χ1) is 8.49. The Morgan fingerprint density at radius 2 is 2.17 bits per heavy atom. The van der Waals surface area contributed by atoms with Crippen molar-refractivity contribution in [2.45, 2.75) is 26.8 Å². The van der Waals surface area contributed by atoms with E-state index in [1.165, 1.54) is 6.33 Å². The minimum Gasteiger partial charge on any atom is -0.368 e. The average Bonchev–Trinajstić information content (AvgIpc) is 2.72. The highest BCUT2D eigenvalue weighted by Gasteiger charge is 2.20. The molecule has 0 fully saturated rings. The summed E-state index contributed by atoms with van der Waals surface area (Å²) in [7, 11) is 0. The number of carbonyl (C=O) groups excluding carboxylic acids is 1. The van der Waals surface area contributed by atoms with Gasteiger partial charge in [-0.3, -0.25) is 4.79 Å². The Kier molecular flexibility index (Phi) is 3.18. The third-order valence-electron chi connectivity index (χ3n) is 2.80. The highest BCUT2D eigenvalue weighted by Crippen LogP contribution is 2.16. The van der Waals surface area contributed by atoms with Crippen LogP contribution in [0, 0.1) is 12.8 Å². The normalized spacial score (nSPS) is 12.9. The Labute approximate surface area is 105 Å². The van der Waals surface area contributed by atoms with Crippen molar-refractivity contribution in [3.8, 4) is 0 Å². The number of hydrogen-bond donors (Lipinski definition) is 2. The summed E-state index contributed by atoms with van der Waals surface area (Å²) in [6.45, 7) is 5.85. The lowest BCUT2D eigenvalue weighted by Gasteiger charge is -2.20. The van der Waals surface area contributed by atoms with E-state index >= 15 is 0 Å². The molecule has 0 spiro atoms. The zero-order valence-corrected chi connectivity index (χ0v) is 10.7. The molecule has 2 rings (SSSR count). The number of nitrogens with one attached hydrogen (secondary N) is 1. The van der Waals surface area contributed by atoms with Crippen molar-refractivity contribution >= 4 is 17.4 Å². The van der Waals surface area contributed by atoms with Crippen LogP contribution < -0.4 is 11.1 Å². The van der Waals surface area contributed by atoms with Crippen molar-refractivity contribution in [1.29, 1.82) is 0 Å². The Balaban J connectivity index is 2.41. The Bertz CT molecular complexity index is 575. The molecule has 6 nitrogen and oxygen atoms in total. The molecule has 6 heteroatoms. The summed E-state index contributed by atoms with van der Waals surface area (Å²) in [5, 5.41) is 7.26. The van der Waals surface area contributed by atoms with Gasteiger partial charge >= 0.3 is 0 Å². The molecule has 96 valence electrons. The lowest BCUT2D eigenvalue weighted by molar-refractivity contribution is -0.119. The van der Waals surface area contributed by atoms with Crippen LogP contribution >= 0.6 is 0 Å². The van der Waals surface area contributed by atoms with Crippen LogP contribution in [0.3, 0.4) is 0 Å². The van der Waals surface area contributed by atoms with E-state index in [4.69, 9.17) is 5.73 Å². The van der Waals surface area contributed by atoms with Gasteiger partial charge in [-0.05, 0) is 30.5 Å². The lowest BCUT2D eigenvalue weighted by atomic mass is 10.0. The van der Waals surface area contributed by atoms with Crippen LogP contribution in [0.4, 0.5) is 5.82 Å². The number of aryl methyl sites for hydroxylation is 1. The van der Waals surface area contributed by atoms with E-state index in [9.17, 15) is 4.79 Å². The predicted octanol–water partition coefficient (Wildman–Crippen LogP) is 0.960. The fourth-order valence-corrected chi connectivity index (χ4v) is 1.89. The van der Waals surface area contributed by atoms with E-state index in [-0.39, 0.29) is 11.8 Å². The summed E-state index contributed by atoms with van der Waals surface area (Å²) in [5.74, 6) is 0.446. The standard InChI is InChI=1S/C12H17N5O/c1-7(2)11(12(13)18)16-10-5-8(3)4-9-14-6-15-17(9)10/h4-7,11,16H,1-3H3,(H2,13,18). The van der Waals surface area contributed by atoms with Gasteiger partial charge in [0.25, 0.3) is 0 Å². The number of carbonyl (C=O) groups is 1. The summed E-state index contributed by atoms with van der Waals surface area (Å²) in [4.78, 5) is 15.6. The molecule has 0 aliphatic carbocycles. The van der Waals surface area contributed by atoms with E-state index in [0.29, 0.717) is 0 Å². The number of rotatable bonds is 4. The van der Waals surface area contributed by atoms with Crippen molar-refractivity contribution in [3.63, 3.8) is 0 Å². The van der Waals surface area contributed by atoms with Crippen molar-refractivity contribution in [2.24, 2.45) is 11.7 Å². The molecule has 2 heterocycles. The van der Waals surface area contributed by atoms with Crippen molar-refractivity contribution in [3.05, 3.63) is 24.0 Å². The molecule has 0 aliphatic heterocycles. The molecule has 0 bridgehead atoms. The maximum absolute atomic E-state index is 11.4. The number of amides is 1. The Morgan fingerprint density at radius 1 is 1.44 bits per heavy atom. The number of pyridine rings is 1. The number of aromatic nitrogens is 3. The predicted molar refractivity (Wildman–Crippen MR) is 69.2 cm³/mol. The van der Waals surface area contributed by atoms with Crippen molar-refractivity contribution < 1.29 is 4.79 Å². The molecular formula is C12H17N5O. The van der Waals surface area contributed by atoms with Crippen LogP contribution in [0.2, 0.25) is 0 Å². The number of anilines is 1. The zero-order valence-electron chi connectivity index (χ0n) is 10.7. The molecule has 18 heavy (non-hydrogen) atoms. The van der Waals surface area contributed by atoms with Gasteiger partial charge in [-0.2, -0.15) is 9.61 Å². The molecule has 0 aliphatic rings. The SMILES string of the molecule is Cc1cc(NC(C(N)=O)C(C)C)n2ncnc2c1. The van der Waals surface area contributed by atoms with Crippen molar-refractivity contribution in [2.75, 3.05) is 5.32 Å². The van der Waals surface area contributed by atoms with Gasteiger partial charge in [0.1, 0.15) is 18.2 Å². The second kappa shape index (κ2) is 4.64. The second-order valence-corrected chi connectivity index (χ2v) is 4.72. The third-order valence-corrected chi connectivity index (χ3v) is 2.80. The summed E-state index contributed by atoms with van der Waals surface area (Å²) >= 11 is 0. The van der Waals surface area contributed by atoms with Crippen LogP contribution in [-0.2, 0) is 4.79 Å². The van der Waals surface area contributed by atoms with E-state index < -0.39 is 6.04 Å². The molecule has 1 amide bonds. The molecule has 0 radical (unpaired) electrons. The second-order valence-electron chi connectivity index (χ2n) is 4.72. The summed E-state index contributed by atoms with van der Waals surface area (Å²) < 4.78 is 1.66. The van der Waals surface area contributed by atoms with Crippen LogP contribution in [0.25, 0.3) is 5.65 Å². The maximum Gasteiger partial charge on any atom is 0.240 e. The van der Waals surface area contributed by atoms with Gasteiger partial charge < -0.3 is 11.1 Å². The smallest absolute Gasteiger partial charge is 0.240 e. The molecule has 0 aromatic carbocycles. The monoisotopic (exact) mass is 247 g/mol. The summed E-state index contributed by atoms with van der Waals surface area (Å²) in [5.41, 5.74) is 7.18. The summed E-state index contributed by atoms with van der Waals surface area (Å²) in [6.07, 6.45) is 1.48. The number of hydrogen-bond acceptors (Lipinski definition) is 4. The van der Waals surface area contributed by atoms with Gasteiger partial charge in [-0.25, -0.2) is 4.98 Å². The highest BCUT2D eigenvalue weighted by atomic mass is 16.1. The van der Waals surface area contributed by atoms with Crippen LogP contribution in [0.15, 0.2) is 18.5 Å². The molecule has 0 saturated heterocycles. The average molecular weight is 247 g/mol. The van der Waals surface area contributed by atoms with Crippen LogP contribution in [-0.4, -0.2) is 26.5 Å². The number of nitrogens with two attached hydrogens (primary N) is 1. The molecule has 2 aromatic rings. The maximum atomic E-state index is 11.4. The van der Waals surface area contributed by atoms with Gasteiger partial charge in [0, 0.05) is 0 Å². The first-order valence-corrected chi connectivity index (χ1v) is 5.85. The summed E-state index contributed by atoms with van der Waals surface area (Å²) in [6, 6.07) is 3.41. The molecular weight excluding hydrogens is 230 g/mol. The minimum atomic E-state index is -0.431. The fraction of sp³-hybridized carbons (Fsp3) is 0.417. The van der Waals surface area contributed by atoms with Crippen LogP contribution in [0.1, 0.15) is 19.4 Å². The zero-order chi connectivity index (χ0) is 13.3. The number of nitrogens with zero attached hydrogens (tertiary/aromatic N) is 3. The van der Waals surface area contributed by atoms with E-state index in [1.54, 1.807) is 4.52 Å². The molecule has 1 atom stereocenters. The molecule has 3 N–H and O–H groups in total. The largest absolute Gasteiger partial charge is 0.368 e. The first kappa shape index (κ1) is 12.3. The van der Waals surface area contributed by atoms with Gasteiger partial charge in [-0.15, -0.1) is 0 Å². The van der Waals surface area contributed by atoms with Crippen molar-refractivity contribution in [1.82, 2.24) is 14.6 Å². The van der Waals surface area contributed by atoms with E-state index in [2.05, 4.69) is 15.4 Å². The molecule has 1 unspecified atom stereocenters. The number of fused-ring (bicyclic) bond motifs is 1. The first-order valence-electron chi connectivity index (χ1n) is 5.85. The lowest BCUT2D eigenvalue weighted by Crippen LogP contribution is -2.40. The molecule has 2 aromatic heterocycles. The fourth-order valence-electron chi connectivity index (χ4n) is 1.89. The Hall–Kier alpha value is -2.11. The molecule has 0 saturated carbocycles. The van der Waals surface area contributed by atoms with Gasteiger partial charge in [0.05, 0.1) is 0 Å². The quantitative estimate of drug-likeness (QED) is 0.842. The van der Waals surface area contributed by atoms with Crippen LogP contribution in [0.5, 0.6) is 0 Å². The third kappa shape index (κ3) is 2.27.